The summed E-state index contributed by atoms with van der Waals surface area (Å²) in [4.78, 5) is 18.1. The Balaban J connectivity index is 2.87. The number of esters is 1. The summed E-state index contributed by atoms with van der Waals surface area (Å²) in [5.74, 6) is -0.476. The Morgan fingerprint density at radius 2 is 2.29 bits per heavy atom. The van der Waals surface area contributed by atoms with Crippen molar-refractivity contribution in [2.24, 2.45) is 0 Å². The number of carbonyl (C=O) groups is 1. The third-order valence-electron chi connectivity index (χ3n) is 1.34. The smallest absolute Gasteiger partial charge is 0.330 e. The minimum atomic E-state index is -0.476. The molecule has 0 bridgehead atoms. The number of halogens is 2. The first-order chi connectivity index (χ1) is 6.63. The second-order valence-electron chi connectivity index (χ2n) is 2.24. The summed E-state index contributed by atoms with van der Waals surface area (Å²) < 4.78 is 4.40. The summed E-state index contributed by atoms with van der Waals surface area (Å²) in [6, 6.07) is 0. The normalized spacial score (nSPS) is 10.5. The molecule has 6 heteroatoms. The van der Waals surface area contributed by atoms with E-state index in [-0.39, 0.29) is 10.4 Å². The van der Waals surface area contributed by atoms with Gasteiger partial charge in [-0.1, -0.05) is 11.6 Å². The molecule has 0 saturated heterocycles. The van der Waals surface area contributed by atoms with Crippen LogP contribution in [0, 0.1) is 0 Å². The Kier molecular flexibility index (Phi) is 3.85. The van der Waals surface area contributed by atoms with Gasteiger partial charge in [-0.3, -0.25) is 0 Å². The molecule has 14 heavy (non-hydrogen) atoms. The van der Waals surface area contributed by atoms with Crippen molar-refractivity contribution in [2.75, 3.05) is 7.11 Å². The zero-order valence-electron chi connectivity index (χ0n) is 7.20. The van der Waals surface area contributed by atoms with Gasteiger partial charge in [-0.15, -0.1) is 0 Å². The summed E-state index contributed by atoms with van der Waals surface area (Å²) in [7, 11) is 1.28. The van der Waals surface area contributed by atoms with Gasteiger partial charge >= 0.3 is 5.97 Å². The molecule has 0 aliphatic carbocycles. The first-order valence-corrected chi connectivity index (χ1v) is 4.33. The van der Waals surface area contributed by atoms with Gasteiger partial charge in [-0.05, 0) is 17.7 Å². The number of aromatic nitrogens is 2. The molecule has 1 heterocycles. The van der Waals surface area contributed by atoms with Gasteiger partial charge in [-0.25, -0.2) is 14.8 Å². The highest BCUT2D eigenvalue weighted by Gasteiger charge is 2.01. The molecule has 0 saturated carbocycles. The van der Waals surface area contributed by atoms with Crippen molar-refractivity contribution in [1.82, 2.24) is 9.97 Å². The lowest BCUT2D eigenvalue weighted by Crippen LogP contribution is -1.94. The maximum atomic E-state index is 10.7. The van der Waals surface area contributed by atoms with Gasteiger partial charge in [-0.2, -0.15) is 0 Å². The molecular formula is C8H6Cl2N2O2. The van der Waals surface area contributed by atoms with Crippen LogP contribution in [0.2, 0.25) is 10.4 Å². The van der Waals surface area contributed by atoms with Crippen LogP contribution in [0.3, 0.4) is 0 Å². The van der Waals surface area contributed by atoms with Gasteiger partial charge in [0.2, 0.25) is 5.28 Å². The maximum absolute atomic E-state index is 10.7. The third-order valence-corrected chi connectivity index (χ3v) is 1.82. The number of rotatable bonds is 2. The first-order valence-electron chi connectivity index (χ1n) is 3.57. The summed E-state index contributed by atoms with van der Waals surface area (Å²) >= 11 is 11.2. The van der Waals surface area contributed by atoms with Crippen LogP contribution in [-0.4, -0.2) is 23.0 Å². The van der Waals surface area contributed by atoms with Gasteiger partial charge in [0.05, 0.1) is 7.11 Å². The minimum absolute atomic E-state index is 0.0604. The lowest BCUT2D eigenvalue weighted by molar-refractivity contribution is -0.134. The van der Waals surface area contributed by atoms with Crippen molar-refractivity contribution >= 4 is 35.2 Å². The Bertz CT molecular complexity index is 380. The van der Waals surface area contributed by atoms with Crippen LogP contribution in [0.25, 0.3) is 6.08 Å². The predicted molar refractivity (Wildman–Crippen MR) is 53.1 cm³/mol. The Labute approximate surface area is 90.5 Å². The summed E-state index contributed by atoms with van der Waals surface area (Å²) in [6.45, 7) is 0. The SMILES string of the molecule is COC(=O)C=Cc1cnc(Cl)nc1Cl. The van der Waals surface area contributed by atoms with Crippen molar-refractivity contribution in [3.05, 3.63) is 28.3 Å². The van der Waals surface area contributed by atoms with Crippen molar-refractivity contribution in [3.8, 4) is 0 Å². The van der Waals surface area contributed by atoms with Crippen molar-refractivity contribution in [3.63, 3.8) is 0 Å². The molecule has 1 aromatic rings. The summed E-state index contributed by atoms with van der Waals surface area (Å²) in [5, 5.41) is 0.246. The van der Waals surface area contributed by atoms with Crippen molar-refractivity contribution in [1.29, 1.82) is 0 Å². The van der Waals surface area contributed by atoms with E-state index in [2.05, 4.69) is 14.7 Å². The number of nitrogens with zero attached hydrogens (tertiary/aromatic N) is 2. The fourth-order valence-corrected chi connectivity index (χ4v) is 1.06. The second-order valence-corrected chi connectivity index (χ2v) is 2.94. The maximum Gasteiger partial charge on any atom is 0.330 e. The van der Waals surface area contributed by atoms with Crippen LogP contribution in [0.1, 0.15) is 5.56 Å². The van der Waals surface area contributed by atoms with Gasteiger partial charge < -0.3 is 4.74 Å². The minimum Gasteiger partial charge on any atom is -0.466 e. The number of hydrogen-bond donors (Lipinski definition) is 0. The first kappa shape index (κ1) is 10.9. The zero-order chi connectivity index (χ0) is 10.6. The fourth-order valence-electron chi connectivity index (χ4n) is 0.688. The van der Waals surface area contributed by atoms with E-state index < -0.39 is 5.97 Å². The summed E-state index contributed by atoms with van der Waals surface area (Å²) in [6.07, 6.45) is 4.08. The molecule has 0 radical (unpaired) electrons. The molecule has 4 nitrogen and oxygen atoms in total. The second kappa shape index (κ2) is 4.93. The molecule has 0 N–H and O–H groups in total. The average Bonchev–Trinajstić information content (AvgIpc) is 2.16. The van der Waals surface area contributed by atoms with E-state index >= 15 is 0 Å². The Morgan fingerprint density at radius 3 is 2.86 bits per heavy atom. The topological polar surface area (TPSA) is 52.1 Å². The van der Waals surface area contributed by atoms with E-state index in [9.17, 15) is 4.79 Å². The van der Waals surface area contributed by atoms with Crippen molar-refractivity contribution in [2.45, 2.75) is 0 Å². The molecule has 74 valence electrons. The lowest BCUT2D eigenvalue weighted by Gasteiger charge is -1.96. The standard InChI is InChI=1S/C8H6Cl2N2O2/c1-14-6(13)3-2-5-4-11-8(10)12-7(5)9/h2-4H,1H3. The number of ether oxygens (including phenoxy) is 1. The largest absolute Gasteiger partial charge is 0.466 e. The molecule has 0 unspecified atom stereocenters. The summed E-state index contributed by atoms with van der Waals surface area (Å²) in [5.41, 5.74) is 0.501. The number of hydrogen-bond acceptors (Lipinski definition) is 4. The van der Waals surface area contributed by atoms with Crippen LogP contribution in [0.15, 0.2) is 12.3 Å². The molecule has 1 rings (SSSR count). The predicted octanol–water partition coefficient (Wildman–Crippen LogP) is 1.97. The highest BCUT2D eigenvalue weighted by Crippen LogP contribution is 2.15. The van der Waals surface area contributed by atoms with E-state index in [1.165, 1.54) is 25.5 Å². The molecule has 0 aromatic carbocycles. The van der Waals surface area contributed by atoms with Gasteiger partial charge in [0.25, 0.3) is 0 Å². The fraction of sp³-hybridized carbons (Fsp3) is 0.125. The molecule has 0 aliphatic rings. The number of carbonyl (C=O) groups excluding carboxylic acids is 1. The molecule has 0 amide bonds. The zero-order valence-corrected chi connectivity index (χ0v) is 8.71. The highest BCUT2D eigenvalue weighted by atomic mass is 35.5. The van der Waals surface area contributed by atoms with E-state index in [0.29, 0.717) is 5.56 Å². The average molecular weight is 233 g/mol. The third kappa shape index (κ3) is 2.97. The van der Waals surface area contributed by atoms with Crippen LogP contribution < -0.4 is 0 Å². The molecular weight excluding hydrogens is 227 g/mol. The molecule has 0 fully saturated rings. The Hall–Kier alpha value is -1.13. The highest BCUT2D eigenvalue weighted by molar-refractivity contribution is 6.32. The van der Waals surface area contributed by atoms with E-state index in [0.717, 1.165) is 0 Å². The van der Waals surface area contributed by atoms with Crippen molar-refractivity contribution < 1.29 is 9.53 Å². The van der Waals surface area contributed by atoms with Crippen LogP contribution in [-0.2, 0) is 9.53 Å². The Morgan fingerprint density at radius 1 is 1.57 bits per heavy atom. The molecule has 0 aliphatic heterocycles. The lowest BCUT2D eigenvalue weighted by atomic mass is 10.3. The van der Waals surface area contributed by atoms with Crippen LogP contribution in [0.5, 0.6) is 0 Å². The van der Waals surface area contributed by atoms with Gasteiger partial charge in [0.1, 0.15) is 5.15 Å². The van der Waals surface area contributed by atoms with Crippen LogP contribution >= 0.6 is 23.2 Å². The van der Waals surface area contributed by atoms with Gasteiger partial charge in [0.15, 0.2) is 0 Å². The molecule has 0 spiro atoms. The number of methoxy groups -OCH3 is 1. The van der Waals surface area contributed by atoms with Crippen LogP contribution in [0.4, 0.5) is 0 Å². The van der Waals surface area contributed by atoms with E-state index in [1.54, 1.807) is 0 Å². The molecule has 0 atom stereocenters. The molecule has 1 aromatic heterocycles. The quantitative estimate of drug-likeness (QED) is 0.339. The van der Waals surface area contributed by atoms with E-state index in [4.69, 9.17) is 23.2 Å². The van der Waals surface area contributed by atoms with Gasteiger partial charge in [0, 0.05) is 17.8 Å². The van der Waals surface area contributed by atoms with E-state index in [1.807, 2.05) is 0 Å². The monoisotopic (exact) mass is 232 g/mol.